The molecule has 0 radical (unpaired) electrons. The number of ketones is 1. The highest BCUT2D eigenvalue weighted by atomic mass is 16.5. The monoisotopic (exact) mass is 264 g/mol. The summed E-state index contributed by atoms with van der Waals surface area (Å²) in [7, 11) is 0. The number of Topliss-reactive ketones (excluding diaryl/α,β-unsaturated/α-hetero) is 1. The predicted octanol–water partition coefficient (Wildman–Crippen LogP) is 1.42. The van der Waals surface area contributed by atoms with Crippen molar-refractivity contribution in [2.45, 2.75) is 32.0 Å². The summed E-state index contributed by atoms with van der Waals surface area (Å²) in [5.41, 5.74) is 6.61. The zero-order chi connectivity index (χ0) is 14.0. The highest BCUT2D eigenvalue weighted by Crippen LogP contribution is 2.26. The Kier molecular flexibility index (Phi) is 3.78. The van der Waals surface area contributed by atoms with Crippen molar-refractivity contribution in [2.24, 2.45) is 0 Å². The summed E-state index contributed by atoms with van der Waals surface area (Å²) in [5, 5.41) is 13.5. The first-order chi connectivity index (χ1) is 8.92. The quantitative estimate of drug-likeness (QED) is 0.566. The van der Waals surface area contributed by atoms with Gasteiger partial charge in [-0.25, -0.2) is 0 Å². The van der Waals surface area contributed by atoms with Crippen LogP contribution in [-0.4, -0.2) is 35.7 Å². The number of nitrogens with one attached hydrogen (secondary N) is 1. The first-order valence-corrected chi connectivity index (χ1v) is 6.41. The fourth-order valence-electron chi connectivity index (χ4n) is 2.23. The maximum absolute atomic E-state index is 11.4. The molecule has 5 heteroatoms. The van der Waals surface area contributed by atoms with Gasteiger partial charge in [0.1, 0.15) is 5.60 Å². The number of nitrogen functional groups attached to an aromatic ring is 1. The van der Waals surface area contributed by atoms with Gasteiger partial charge in [0.15, 0.2) is 5.78 Å². The molecule has 1 aliphatic heterocycles. The number of anilines is 2. The summed E-state index contributed by atoms with van der Waals surface area (Å²) in [6, 6.07) is 5.20. The molecule has 2 unspecified atom stereocenters. The molecule has 0 saturated carbocycles. The average molecular weight is 264 g/mol. The normalized spacial score (nSPS) is 26.4. The highest BCUT2D eigenvalue weighted by Gasteiger charge is 2.39. The van der Waals surface area contributed by atoms with Gasteiger partial charge in [-0.1, -0.05) is 0 Å². The third-order valence-electron chi connectivity index (χ3n) is 3.69. The van der Waals surface area contributed by atoms with Crippen molar-refractivity contribution < 1.29 is 14.6 Å². The Bertz CT molecular complexity index is 490. The number of benzene rings is 1. The first-order valence-electron chi connectivity index (χ1n) is 6.41. The lowest BCUT2D eigenvalue weighted by Gasteiger charge is -2.26. The summed E-state index contributed by atoms with van der Waals surface area (Å²) in [4.78, 5) is 11.4. The molecule has 1 aliphatic rings. The molecule has 2 atom stereocenters. The molecular formula is C14H20N2O3. The zero-order valence-corrected chi connectivity index (χ0v) is 11.3. The molecule has 0 spiro atoms. The summed E-state index contributed by atoms with van der Waals surface area (Å²) >= 11 is 0. The van der Waals surface area contributed by atoms with Gasteiger partial charge in [-0.05, 0) is 32.0 Å². The fourth-order valence-corrected chi connectivity index (χ4v) is 2.23. The maximum atomic E-state index is 11.4. The van der Waals surface area contributed by atoms with Gasteiger partial charge in [0.25, 0.3) is 0 Å². The molecule has 1 aromatic carbocycles. The second-order valence-electron chi connectivity index (χ2n) is 5.08. The number of ether oxygens (including phenoxy) is 1. The van der Waals surface area contributed by atoms with E-state index in [1.165, 1.54) is 6.92 Å². The van der Waals surface area contributed by atoms with Gasteiger partial charge in [0.05, 0.1) is 6.10 Å². The number of aliphatic hydroxyl groups is 1. The number of rotatable bonds is 4. The molecule has 4 N–H and O–H groups in total. The van der Waals surface area contributed by atoms with Crippen LogP contribution >= 0.6 is 0 Å². The van der Waals surface area contributed by atoms with E-state index < -0.39 is 5.60 Å². The van der Waals surface area contributed by atoms with E-state index in [4.69, 9.17) is 10.5 Å². The van der Waals surface area contributed by atoms with Crippen LogP contribution in [0.1, 0.15) is 30.6 Å². The molecule has 0 aromatic heterocycles. The van der Waals surface area contributed by atoms with Crippen molar-refractivity contribution in [3.63, 3.8) is 0 Å². The molecule has 0 amide bonds. The van der Waals surface area contributed by atoms with Crippen LogP contribution in [0.15, 0.2) is 18.2 Å². The molecule has 0 aliphatic carbocycles. The van der Waals surface area contributed by atoms with Crippen LogP contribution in [0.2, 0.25) is 0 Å². The van der Waals surface area contributed by atoms with Crippen LogP contribution in [0, 0.1) is 0 Å². The highest BCUT2D eigenvalue weighted by molar-refractivity contribution is 6.00. The lowest BCUT2D eigenvalue weighted by molar-refractivity contribution is -0.0175. The number of hydrogen-bond acceptors (Lipinski definition) is 5. The Hall–Kier alpha value is -1.59. The van der Waals surface area contributed by atoms with Crippen molar-refractivity contribution in [1.82, 2.24) is 0 Å². The third kappa shape index (κ3) is 2.88. The van der Waals surface area contributed by atoms with Gasteiger partial charge in [0.2, 0.25) is 0 Å². The molecule has 0 bridgehead atoms. The van der Waals surface area contributed by atoms with E-state index in [9.17, 15) is 9.90 Å². The maximum Gasteiger partial charge on any atom is 0.161 e. The topological polar surface area (TPSA) is 84.6 Å². The lowest BCUT2D eigenvalue weighted by atomic mass is 9.96. The van der Waals surface area contributed by atoms with Gasteiger partial charge < -0.3 is 20.9 Å². The molecule has 5 nitrogen and oxygen atoms in total. The minimum Gasteiger partial charge on any atom is -0.398 e. The van der Waals surface area contributed by atoms with Crippen molar-refractivity contribution in [3.05, 3.63) is 23.8 Å². The first kappa shape index (κ1) is 13.8. The standard InChI is InChI=1S/C14H20N2O3/c1-9(17)12-7-11(3-4-13(12)15)16-8-14(18)5-6-19-10(14)2/h3-4,7,10,16,18H,5-6,8,15H2,1-2H3. The third-order valence-corrected chi connectivity index (χ3v) is 3.69. The van der Waals surface area contributed by atoms with Crippen LogP contribution in [0.3, 0.4) is 0 Å². The Morgan fingerprint density at radius 1 is 1.63 bits per heavy atom. The van der Waals surface area contributed by atoms with Crippen LogP contribution < -0.4 is 11.1 Å². The molecule has 1 saturated heterocycles. The summed E-state index contributed by atoms with van der Waals surface area (Å²) < 4.78 is 5.37. The van der Waals surface area contributed by atoms with Gasteiger partial charge in [-0.3, -0.25) is 4.79 Å². The fraction of sp³-hybridized carbons (Fsp3) is 0.500. The number of nitrogens with two attached hydrogens (primary N) is 1. The summed E-state index contributed by atoms with van der Waals surface area (Å²) in [6.07, 6.45) is 0.413. The predicted molar refractivity (Wildman–Crippen MR) is 74.3 cm³/mol. The van der Waals surface area contributed by atoms with E-state index in [0.717, 1.165) is 5.69 Å². The second-order valence-corrected chi connectivity index (χ2v) is 5.08. The van der Waals surface area contributed by atoms with Crippen molar-refractivity contribution in [1.29, 1.82) is 0 Å². The lowest BCUT2D eigenvalue weighted by Crippen LogP contribution is -2.43. The molecule has 1 aromatic rings. The molecule has 104 valence electrons. The van der Waals surface area contributed by atoms with Crippen LogP contribution in [0.5, 0.6) is 0 Å². The number of hydrogen-bond donors (Lipinski definition) is 3. The zero-order valence-electron chi connectivity index (χ0n) is 11.3. The van der Waals surface area contributed by atoms with Gasteiger partial charge >= 0.3 is 0 Å². The molecule has 2 rings (SSSR count). The minimum atomic E-state index is -0.863. The van der Waals surface area contributed by atoms with Crippen LogP contribution in [0.25, 0.3) is 0 Å². The van der Waals surface area contributed by atoms with Gasteiger partial charge in [-0.2, -0.15) is 0 Å². The van der Waals surface area contributed by atoms with Crippen molar-refractivity contribution >= 4 is 17.2 Å². The summed E-state index contributed by atoms with van der Waals surface area (Å²) in [5.74, 6) is -0.0718. The van der Waals surface area contributed by atoms with E-state index in [1.807, 2.05) is 6.92 Å². The Balaban J connectivity index is 2.08. The van der Waals surface area contributed by atoms with Gasteiger partial charge in [-0.15, -0.1) is 0 Å². The van der Waals surface area contributed by atoms with E-state index in [-0.39, 0.29) is 11.9 Å². The van der Waals surface area contributed by atoms with Crippen LogP contribution in [-0.2, 0) is 4.74 Å². The van der Waals surface area contributed by atoms with E-state index in [0.29, 0.717) is 30.8 Å². The second kappa shape index (κ2) is 5.19. The SMILES string of the molecule is CC(=O)c1cc(NCC2(O)CCOC2C)ccc1N. The van der Waals surface area contributed by atoms with Gasteiger partial charge in [0, 0.05) is 36.5 Å². The summed E-state index contributed by atoms with van der Waals surface area (Å²) in [6.45, 7) is 4.30. The molecular weight excluding hydrogens is 244 g/mol. The Morgan fingerprint density at radius 3 is 2.95 bits per heavy atom. The largest absolute Gasteiger partial charge is 0.398 e. The van der Waals surface area contributed by atoms with Crippen molar-refractivity contribution in [2.75, 3.05) is 24.2 Å². The molecule has 1 heterocycles. The molecule has 19 heavy (non-hydrogen) atoms. The van der Waals surface area contributed by atoms with E-state index in [1.54, 1.807) is 18.2 Å². The van der Waals surface area contributed by atoms with Crippen molar-refractivity contribution in [3.8, 4) is 0 Å². The Labute approximate surface area is 112 Å². The van der Waals surface area contributed by atoms with E-state index >= 15 is 0 Å². The molecule has 1 fully saturated rings. The number of carbonyl (C=O) groups excluding carboxylic acids is 1. The Morgan fingerprint density at radius 2 is 2.37 bits per heavy atom. The minimum absolute atomic E-state index is 0.0718. The van der Waals surface area contributed by atoms with Crippen LogP contribution in [0.4, 0.5) is 11.4 Å². The number of carbonyl (C=O) groups is 1. The van der Waals surface area contributed by atoms with E-state index in [2.05, 4.69) is 5.32 Å². The average Bonchev–Trinajstić information content (AvgIpc) is 2.69. The smallest absolute Gasteiger partial charge is 0.161 e.